The zero-order chi connectivity index (χ0) is 21.5. The van der Waals surface area contributed by atoms with E-state index in [2.05, 4.69) is 10.6 Å². The van der Waals surface area contributed by atoms with Crippen LogP contribution in [-0.4, -0.2) is 18.5 Å². The summed E-state index contributed by atoms with van der Waals surface area (Å²) in [5.41, 5.74) is 0.788. The topological polar surface area (TPSA) is 85.2 Å². The van der Waals surface area contributed by atoms with E-state index in [1.807, 2.05) is 6.07 Å². The van der Waals surface area contributed by atoms with Gasteiger partial charge in [0.2, 0.25) is 0 Å². The zero-order valence-corrected chi connectivity index (χ0v) is 15.5. The van der Waals surface area contributed by atoms with Crippen LogP contribution in [0.1, 0.15) is 29.2 Å². The molecule has 2 aromatic rings. The molecular weight excluding hydrogens is 397 g/mol. The van der Waals surface area contributed by atoms with Crippen LogP contribution in [0, 0.1) is 11.3 Å². The second-order valence-corrected chi connectivity index (χ2v) is 6.87. The van der Waals surface area contributed by atoms with Crippen molar-refractivity contribution in [1.82, 2.24) is 10.6 Å². The number of alkyl halides is 3. The molecule has 0 aliphatic carbocycles. The number of nitriles is 1. The first-order chi connectivity index (χ1) is 14.3. The first-order valence-electron chi connectivity index (χ1n) is 9.09. The first kappa shape index (κ1) is 19.5. The van der Waals surface area contributed by atoms with E-state index in [0.717, 1.165) is 17.0 Å². The lowest BCUT2D eigenvalue weighted by Crippen LogP contribution is -2.52. The molecule has 0 saturated carbocycles. The number of nitrogens with one attached hydrogen (secondary N) is 2. The second-order valence-electron chi connectivity index (χ2n) is 6.87. The Morgan fingerprint density at radius 2 is 1.83 bits per heavy atom. The van der Waals surface area contributed by atoms with Crippen molar-refractivity contribution < 1.29 is 22.8 Å². The summed E-state index contributed by atoms with van der Waals surface area (Å²) in [4.78, 5) is 26.7. The third-order valence-corrected chi connectivity index (χ3v) is 5.04. The van der Waals surface area contributed by atoms with Crippen LogP contribution >= 0.6 is 0 Å². The number of hydrogen-bond acceptors (Lipinski definition) is 3. The second kappa shape index (κ2) is 7.22. The first-order valence-corrected chi connectivity index (χ1v) is 9.09. The fourth-order valence-corrected chi connectivity index (χ4v) is 3.66. The number of anilines is 1. The van der Waals surface area contributed by atoms with E-state index in [4.69, 9.17) is 5.26 Å². The third kappa shape index (κ3) is 3.37. The number of urea groups is 1. The van der Waals surface area contributed by atoms with Gasteiger partial charge in [-0.3, -0.25) is 9.69 Å². The third-order valence-electron chi connectivity index (χ3n) is 5.04. The maximum atomic E-state index is 13.2. The van der Waals surface area contributed by atoms with E-state index >= 15 is 0 Å². The summed E-state index contributed by atoms with van der Waals surface area (Å²) < 4.78 is 39.5. The van der Waals surface area contributed by atoms with E-state index in [-0.39, 0.29) is 24.2 Å². The molecule has 2 N–H and O–H groups in total. The summed E-state index contributed by atoms with van der Waals surface area (Å²) in [5, 5.41) is 14.4. The van der Waals surface area contributed by atoms with E-state index < -0.39 is 29.7 Å². The Morgan fingerprint density at radius 1 is 1.10 bits per heavy atom. The van der Waals surface area contributed by atoms with Crippen LogP contribution in [0.4, 0.5) is 23.7 Å². The average Bonchev–Trinajstić information content (AvgIpc) is 2.73. The molecule has 2 aliphatic rings. The van der Waals surface area contributed by atoms with Crippen molar-refractivity contribution >= 4 is 17.6 Å². The van der Waals surface area contributed by atoms with Crippen molar-refractivity contribution in [2.75, 3.05) is 11.4 Å². The van der Waals surface area contributed by atoms with Crippen LogP contribution in [0.2, 0.25) is 0 Å². The van der Waals surface area contributed by atoms with Crippen molar-refractivity contribution in [3.05, 3.63) is 76.5 Å². The number of carbonyl (C=O) groups excluding carboxylic acids is 2. The van der Waals surface area contributed by atoms with Crippen LogP contribution in [-0.2, 0) is 11.0 Å². The van der Waals surface area contributed by atoms with E-state index in [1.54, 1.807) is 24.3 Å². The number of carbonyl (C=O) groups is 2. The highest BCUT2D eigenvalue weighted by Gasteiger charge is 2.40. The zero-order valence-electron chi connectivity index (χ0n) is 15.5. The SMILES string of the molecule is N#Cc1ccc([C@H]2NC(=O)N(c3cccc(C(F)(F)F)c3)C3=C2C(=O)NCC3)cc1. The van der Waals surface area contributed by atoms with Gasteiger partial charge >= 0.3 is 12.2 Å². The van der Waals surface area contributed by atoms with Crippen molar-refractivity contribution in [3.8, 4) is 6.07 Å². The Bertz CT molecular complexity index is 1100. The minimum atomic E-state index is -4.56. The van der Waals surface area contributed by atoms with Gasteiger partial charge in [0, 0.05) is 18.7 Å². The smallest absolute Gasteiger partial charge is 0.352 e. The van der Waals surface area contributed by atoms with Crippen LogP contribution in [0.5, 0.6) is 0 Å². The molecule has 1 atom stereocenters. The lowest BCUT2D eigenvalue weighted by Gasteiger charge is -2.39. The molecule has 3 amide bonds. The molecule has 2 heterocycles. The number of benzene rings is 2. The Labute approximate surface area is 169 Å². The van der Waals surface area contributed by atoms with Gasteiger partial charge in [-0.25, -0.2) is 4.79 Å². The van der Waals surface area contributed by atoms with E-state index in [1.165, 1.54) is 12.1 Å². The molecule has 0 radical (unpaired) electrons. The largest absolute Gasteiger partial charge is 0.416 e. The van der Waals surface area contributed by atoms with Crippen LogP contribution in [0.25, 0.3) is 0 Å². The number of amides is 3. The highest BCUT2D eigenvalue weighted by atomic mass is 19.4. The lowest BCUT2D eigenvalue weighted by atomic mass is 9.90. The quantitative estimate of drug-likeness (QED) is 0.790. The van der Waals surface area contributed by atoms with E-state index in [9.17, 15) is 22.8 Å². The van der Waals surface area contributed by atoms with Gasteiger partial charge in [0.1, 0.15) is 0 Å². The molecule has 9 heteroatoms. The summed E-state index contributed by atoms with van der Waals surface area (Å²) in [7, 11) is 0. The maximum Gasteiger partial charge on any atom is 0.416 e. The van der Waals surface area contributed by atoms with Crippen molar-refractivity contribution in [2.24, 2.45) is 0 Å². The summed E-state index contributed by atoms with van der Waals surface area (Å²) in [6.45, 7) is 0.264. The van der Waals surface area contributed by atoms with Gasteiger partial charge in [0.25, 0.3) is 5.91 Å². The molecule has 152 valence electrons. The molecule has 0 fully saturated rings. The number of halogens is 3. The summed E-state index contributed by atoms with van der Waals surface area (Å²) in [5.74, 6) is -0.400. The van der Waals surface area contributed by atoms with Crippen molar-refractivity contribution in [2.45, 2.75) is 18.6 Å². The van der Waals surface area contributed by atoms with Crippen LogP contribution in [0.3, 0.4) is 0 Å². The minimum Gasteiger partial charge on any atom is -0.352 e. The minimum absolute atomic E-state index is 0.0304. The molecule has 4 rings (SSSR count). The molecule has 0 bridgehead atoms. The Balaban J connectivity index is 1.83. The standard InChI is InChI=1S/C21H15F3N4O2/c22-21(23,24)14-2-1-3-15(10-14)28-16-8-9-26-19(29)17(16)18(27-20(28)30)13-6-4-12(11-25)5-7-13/h1-7,10,18H,8-9H2,(H,26,29)(H,27,30)/t18-/m1/s1. The van der Waals surface area contributed by atoms with Gasteiger partial charge in [-0.1, -0.05) is 18.2 Å². The van der Waals surface area contributed by atoms with Gasteiger partial charge < -0.3 is 10.6 Å². The van der Waals surface area contributed by atoms with Crippen molar-refractivity contribution in [1.29, 1.82) is 5.26 Å². The fourth-order valence-electron chi connectivity index (χ4n) is 3.66. The number of rotatable bonds is 2. The van der Waals surface area contributed by atoms with Crippen LogP contribution in [0.15, 0.2) is 59.8 Å². The molecule has 0 saturated heterocycles. The molecule has 0 spiro atoms. The monoisotopic (exact) mass is 412 g/mol. The van der Waals surface area contributed by atoms with Gasteiger partial charge in [-0.2, -0.15) is 18.4 Å². The lowest BCUT2D eigenvalue weighted by molar-refractivity contribution is -0.137. The fraction of sp³-hybridized carbons (Fsp3) is 0.190. The van der Waals surface area contributed by atoms with Gasteiger partial charge in [-0.05, 0) is 35.9 Å². The Morgan fingerprint density at radius 3 is 2.50 bits per heavy atom. The molecule has 0 aromatic heterocycles. The molecule has 2 aromatic carbocycles. The predicted octanol–water partition coefficient (Wildman–Crippen LogP) is 3.62. The molecule has 6 nitrogen and oxygen atoms in total. The Kier molecular flexibility index (Phi) is 4.70. The molecule has 0 unspecified atom stereocenters. The summed E-state index contributed by atoms with van der Waals surface area (Å²) in [6, 6.07) is 11.4. The predicted molar refractivity (Wildman–Crippen MR) is 101 cm³/mol. The highest BCUT2D eigenvalue weighted by molar-refractivity contribution is 6.05. The molecule has 30 heavy (non-hydrogen) atoms. The summed E-state index contributed by atoms with van der Waals surface area (Å²) >= 11 is 0. The number of nitrogens with zero attached hydrogens (tertiary/aromatic N) is 2. The highest BCUT2D eigenvalue weighted by Crippen LogP contribution is 2.38. The van der Waals surface area contributed by atoms with Gasteiger partial charge in [0.15, 0.2) is 0 Å². The van der Waals surface area contributed by atoms with Gasteiger partial charge in [-0.15, -0.1) is 0 Å². The van der Waals surface area contributed by atoms with Gasteiger partial charge in [0.05, 0.1) is 34.5 Å². The normalized spacial score (nSPS) is 19.0. The molecular formula is C21H15F3N4O2. The summed E-state index contributed by atoms with van der Waals surface area (Å²) in [6.07, 6.45) is -4.27. The Hall–Kier alpha value is -3.80. The average molecular weight is 412 g/mol. The number of hydrogen-bond donors (Lipinski definition) is 2. The molecule has 2 aliphatic heterocycles. The van der Waals surface area contributed by atoms with Crippen LogP contribution < -0.4 is 15.5 Å². The van der Waals surface area contributed by atoms with Crippen molar-refractivity contribution in [3.63, 3.8) is 0 Å². The maximum absolute atomic E-state index is 13.2. The van der Waals surface area contributed by atoms with E-state index in [0.29, 0.717) is 16.8 Å².